The summed E-state index contributed by atoms with van der Waals surface area (Å²) >= 11 is 0. The fourth-order valence-electron chi connectivity index (χ4n) is 3.74. The number of amides is 2. The van der Waals surface area contributed by atoms with Crippen LogP contribution in [0.5, 0.6) is 0 Å². The molecule has 2 N–H and O–H groups in total. The number of urea groups is 1. The summed E-state index contributed by atoms with van der Waals surface area (Å²) in [4.78, 5) is 14.4. The number of ether oxygens (including phenoxy) is 1. The smallest absolute Gasteiger partial charge is 0.314 e. The van der Waals surface area contributed by atoms with Gasteiger partial charge in [0.05, 0.1) is 12.7 Å². The van der Waals surface area contributed by atoms with E-state index in [1.807, 2.05) is 30.3 Å². The molecule has 134 valence electrons. The first-order chi connectivity index (χ1) is 12.3. The SMILES string of the molecule is O=C(NCCc1cc2ccccc2o1)NCC1CN2CCCC2CO1. The largest absolute Gasteiger partial charge is 0.461 e. The summed E-state index contributed by atoms with van der Waals surface area (Å²) in [5, 5.41) is 6.89. The van der Waals surface area contributed by atoms with Gasteiger partial charge in [-0.1, -0.05) is 18.2 Å². The average molecular weight is 343 g/mol. The minimum atomic E-state index is -0.150. The van der Waals surface area contributed by atoms with Crippen LogP contribution in [0.15, 0.2) is 34.7 Å². The summed E-state index contributed by atoms with van der Waals surface area (Å²) in [6.45, 7) is 3.98. The molecule has 0 aliphatic carbocycles. The van der Waals surface area contributed by atoms with E-state index in [0.29, 0.717) is 25.6 Å². The maximum absolute atomic E-state index is 12.0. The first-order valence-electron chi connectivity index (χ1n) is 9.13. The molecule has 6 heteroatoms. The van der Waals surface area contributed by atoms with E-state index in [9.17, 15) is 4.79 Å². The van der Waals surface area contributed by atoms with Crippen molar-refractivity contribution in [3.63, 3.8) is 0 Å². The van der Waals surface area contributed by atoms with Gasteiger partial charge in [0.15, 0.2) is 0 Å². The zero-order chi connectivity index (χ0) is 17.1. The Morgan fingerprint density at radius 3 is 3.12 bits per heavy atom. The first kappa shape index (κ1) is 16.4. The van der Waals surface area contributed by atoms with Crippen molar-refractivity contribution in [2.75, 3.05) is 32.8 Å². The highest BCUT2D eigenvalue weighted by atomic mass is 16.5. The van der Waals surface area contributed by atoms with Crippen LogP contribution in [0, 0.1) is 0 Å². The third-order valence-corrected chi connectivity index (χ3v) is 5.09. The third-order valence-electron chi connectivity index (χ3n) is 5.09. The highest BCUT2D eigenvalue weighted by Gasteiger charge is 2.32. The predicted molar refractivity (Wildman–Crippen MR) is 95.7 cm³/mol. The number of nitrogens with zero attached hydrogens (tertiary/aromatic N) is 1. The molecule has 25 heavy (non-hydrogen) atoms. The highest BCUT2D eigenvalue weighted by Crippen LogP contribution is 2.22. The van der Waals surface area contributed by atoms with E-state index in [4.69, 9.17) is 9.15 Å². The van der Waals surface area contributed by atoms with Crippen LogP contribution in [-0.2, 0) is 11.2 Å². The topological polar surface area (TPSA) is 66.7 Å². The van der Waals surface area contributed by atoms with Crippen molar-refractivity contribution in [3.05, 3.63) is 36.1 Å². The van der Waals surface area contributed by atoms with Gasteiger partial charge in [-0.3, -0.25) is 4.90 Å². The molecule has 2 amide bonds. The molecule has 0 saturated carbocycles. The van der Waals surface area contributed by atoms with Crippen molar-refractivity contribution in [1.29, 1.82) is 0 Å². The van der Waals surface area contributed by atoms with Gasteiger partial charge in [0.25, 0.3) is 0 Å². The molecule has 3 heterocycles. The Kier molecular flexibility index (Phi) is 4.90. The molecule has 2 aliphatic rings. The summed E-state index contributed by atoms with van der Waals surface area (Å²) in [6.07, 6.45) is 3.27. The molecule has 4 rings (SSSR count). The first-order valence-corrected chi connectivity index (χ1v) is 9.13. The molecular formula is C19H25N3O3. The average Bonchev–Trinajstić information content (AvgIpc) is 3.25. The van der Waals surface area contributed by atoms with Crippen LogP contribution < -0.4 is 10.6 Å². The molecule has 2 atom stereocenters. The van der Waals surface area contributed by atoms with Gasteiger partial charge >= 0.3 is 6.03 Å². The van der Waals surface area contributed by atoms with Crippen LogP contribution >= 0.6 is 0 Å². The van der Waals surface area contributed by atoms with Gasteiger partial charge < -0.3 is 19.8 Å². The molecule has 2 fully saturated rings. The lowest BCUT2D eigenvalue weighted by Gasteiger charge is -2.35. The van der Waals surface area contributed by atoms with Crippen LogP contribution in [0.1, 0.15) is 18.6 Å². The van der Waals surface area contributed by atoms with Gasteiger partial charge in [-0.25, -0.2) is 4.79 Å². The van der Waals surface area contributed by atoms with Crippen molar-refractivity contribution >= 4 is 17.0 Å². The van der Waals surface area contributed by atoms with E-state index in [1.54, 1.807) is 0 Å². The van der Waals surface area contributed by atoms with E-state index < -0.39 is 0 Å². The molecule has 0 bridgehead atoms. The van der Waals surface area contributed by atoms with Crippen molar-refractivity contribution in [1.82, 2.24) is 15.5 Å². The minimum Gasteiger partial charge on any atom is -0.461 e. The zero-order valence-corrected chi connectivity index (χ0v) is 14.4. The predicted octanol–water partition coefficient (Wildman–Crippen LogP) is 2.14. The van der Waals surface area contributed by atoms with Crippen LogP contribution in [0.2, 0.25) is 0 Å². The van der Waals surface area contributed by atoms with Gasteiger partial charge in [-0.15, -0.1) is 0 Å². The second-order valence-corrected chi connectivity index (χ2v) is 6.88. The Bertz CT molecular complexity index is 697. The van der Waals surface area contributed by atoms with E-state index in [-0.39, 0.29) is 12.1 Å². The molecule has 0 spiro atoms. The molecule has 0 radical (unpaired) electrons. The Morgan fingerprint density at radius 1 is 1.28 bits per heavy atom. The number of carbonyl (C=O) groups excluding carboxylic acids is 1. The maximum Gasteiger partial charge on any atom is 0.314 e. The quantitative estimate of drug-likeness (QED) is 0.873. The number of furan rings is 1. The Morgan fingerprint density at radius 2 is 2.20 bits per heavy atom. The molecule has 1 aromatic heterocycles. The number of fused-ring (bicyclic) bond motifs is 2. The van der Waals surface area contributed by atoms with Gasteiger partial charge in [-0.05, 0) is 31.5 Å². The molecule has 2 aromatic rings. The van der Waals surface area contributed by atoms with Crippen molar-refractivity contribution in [3.8, 4) is 0 Å². The monoisotopic (exact) mass is 343 g/mol. The number of benzene rings is 1. The van der Waals surface area contributed by atoms with Crippen LogP contribution in [-0.4, -0.2) is 55.9 Å². The lowest BCUT2D eigenvalue weighted by molar-refractivity contribution is -0.0457. The fraction of sp³-hybridized carbons (Fsp3) is 0.526. The van der Waals surface area contributed by atoms with E-state index in [1.165, 1.54) is 12.8 Å². The summed E-state index contributed by atoms with van der Waals surface area (Å²) in [6, 6.07) is 10.4. The summed E-state index contributed by atoms with van der Waals surface area (Å²) in [5.74, 6) is 0.886. The van der Waals surface area contributed by atoms with Crippen molar-refractivity contribution < 1.29 is 13.9 Å². The van der Waals surface area contributed by atoms with E-state index in [2.05, 4.69) is 15.5 Å². The molecule has 6 nitrogen and oxygen atoms in total. The summed E-state index contributed by atoms with van der Waals surface area (Å²) in [5.41, 5.74) is 0.886. The van der Waals surface area contributed by atoms with E-state index in [0.717, 1.165) is 36.4 Å². The second kappa shape index (κ2) is 7.45. The summed E-state index contributed by atoms with van der Waals surface area (Å²) in [7, 11) is 0. The zero-order valence-electron chi connectivity index (χ0n) is 14.4. The van der Waals surface area contributed by atoms with Gasteiger partial charge in [0.2, 0.25) is 0 Å². The Hall–Kier alpha value is -2.05. The Labute approximate surface area is 147 Å². The molecular weight excluding hydrogens is 318 g/mol. The minimum absolute atomic E-state index is 0.0930. The number of carbonyl (C=O) groups is 1. The molecule has 2 aliphatic heterocycles. The van der Waals surface area contributed by atoms with Crippen molar-refractivity contribution in [2.45, 2.75) is 31.4 Å². The van der Waals surface area contributed by atoms with Gasteiger partial charge in [0, 0.05) is 37.5 Å². The number of rotatable bonds is 5. The standard InChI is InChI=1S/C19H25N3O3/c23-19(21-11-17-12-22-9-3-5-15(22)13-24-17)20-8-7-16-10-14-4-1-2-6-18(14)25-16/h1-2,4,6,10,15,17H,3,5,7-9,11-13H2,(H2,20,21,23). The maximum atomic E-state index is 12.0. The van der Waals surface area contributed by atoms with E-state index >= 15 is 0 Å². The van der Waals surface area contributed by atoms with Crippen LogP contribution in [0.3, 0.4) is 0 Å². The number of nitrogens with one attached hydrogen (secondary N) is 2. The van der Waals surface area contributed by atoms with Crippen LogP contribution in [0.4, 0.5) is 4.79 Å². The van der Waals surface area contributed by atoms with Crippen molar-refractivity contribution in [2.24, 2.45) is 0 Å². The Balaban J connectivity index is 1.17. The third kappa shape index (κ3) is 3.96. The number of hydrogen-bond donors (Lipinski definition) is 2. The van der Waals surface area contributed by atoms with Crippen LogP contribution in [0.25, 0.3) is 11.0 Å². The van der Waals surface area contributed by atoms with Gasteiger partial charge in [-0.2, -0.15) is 0 Å². The number of hydrogen-bond acceptors (Lipinski definition) is 4. The molecule has 1 aromatic carbocycles. The fourth-order valence-corrected chi connectivity index (χ4v) is 3.74. The van der Waals surface area contributed by atoms with Gasteiger partial charge in [0.1, 0.15) is 11.3 Å². The highest BCUT2D eigenvalue weighted by molar-refractivity contribution is 5.77. The lowest BCUT2D eigenvalue weighted by atomic mass is 10.2. The molecule has 2 saturated heterocycles. The second-order valence-electron chi connectivity index (χ2n) is 6.88. The number of morpholine rings is 1. The summed E-state index contributed by atoms with van der Waals surface area (Å²) < 4.78 is 11.6. The number of para-hydroxylation sites is 1. The normalized spacial score (nSPS) is 23.5. The lowest BCUT2D eigenvalue weighted by Crippen LogP contribution is -2.51. The molecule has 2 unspecified atom stereocenters.